The molecule has 6 nitrogen and oxygen atoms in total. The third-order valence-electron chi connectivity index (χ3n) is 7.39. The monoisotopic (exact) mass is 413 g/mol. The van der Waals surface area contributed by atoms with Gasteiger partial charge in [-0.3, -0.25) is 14.5 Å². The number of carbonyl (C=O) groups is 2. The maximum absolute atomic E-state index is 13.4. The minimum absolute atomic E-state index is 0.0137. The number of piperidine rings is 2. The second-order valence-electron chi connectivity index (χ2n) is 9.61. The van der Waals surface area contributed by atoms with Gasteiger partial charge in [0.2, 0.25) is 5.91 Å². The van der Waals surface area contributed by atoms with Gasteiger partial charge in [0.15, 0.2) is 0 Å². The van der Waals surface area contributed by atoms with Crippen LogP contribution in [0.5, 0.6) is 0 Å². The molecule has 1 aromatic rings. The highest BCUT2D eigenvalue weighted by molar-refractivity contribution is 5.93. The van der Waals surface area contributed by atoms with E-state index in [0.717, 1.165) is 37.1 Å². The standard InChI is InChI=1S/C24H35N3O3/c1-14-5-6-20(15(2)9-14)25-22(28)13-27-8-7-21-19(12-27)24(29)18-11-17(30-4)10-16(3)23(18)26-21/h5-6,9,16-19,21,23,26H,7-8,10-13H2,1-4H3,(H,25,28). The number of hydrogen-bond donors (Lipinski definition) is 2. The van der Waals surface area contributed by atoms with E-state index in [-0.39, 0.29) is 35.9 Å². The van der Waals surface area contributed by atoms with E-state index in [9.17, 15) is 9.59 Å². The molecule has 0 bridgehead atoms. The molecule has 0 spiro atoms. The minimum Gasteiger partial charge on any atom is -0.381 e. The van der Waals surface area contributed by atoms with Crippen LogP contribution in [0.1, 0.15) is 37.3 Å². The van der Waals surface area contributed by atoms with Crippen LogP contribution in [-0.2, 0) is 14.3 Å². The lowest BCUT2D eigenvalue weighted by Crippen LogP contribution is -2.66. The number of benzene rings is 1. The van der Waals surface area contributed by atoms with Crippen LogP contribution in [0.3, 0.4) is 0 Å². The highest BCUT2D eigenvalue weighted by Gasteiger charge is 2.49. The summed E-state index contributed by atoms with van der Waals surface area (Å²) in [6.45, 7) is 8.12. The molecule has 1 aliphatic carbocycles. The van der Waals surface area contributed by atoms with Crippen molar-refractivity contribution < 1.29 is 14.3 Å². The van der Waals surface area contributed by atoms with Gasteiger partial charge in [0.1, 0.15) is 5.78 Å². The van der Waals surface area contributed by atoms with Crippen LogP contribution >= 0.6 is 0 Å². The van der Waals surface area contributed by atoms with Gasteiger partial charge in [-0.2, -0.15) is 0 Å². The molecule has 6 unspecified atom stereocenters. The summed E-state index contributed by atoms with van der Waals surface area (Å²) >= 11 is 0. The second kappa shape index (κ2) is 8.77. The SMILES string of the molecule is COC1CC(C)C2NC3CCN(CC(=O)Nc4ccc(C)cc4C)CC3C(=O)C2C1. The van der Waals surface area contributed by atoms with Gasteiger partial charge in [0.25, 0.3) is 0 Å². The largest absolute Gasteiger partial charge is 0.381 e. The number of amides is 1. The third kappa shape index (κ3) is 4.32. The Kier molecular flexibility index (Phi) is 6.28. The molecule has 2 heterocycles. The van der Waals surface area contributed by atoms with E-state index < -0.39 is 0 Å². The van der Waals surface area contributed by atoms with Gasteiger partial charge in [-0.25, -0.2) is 0 Å². The first kappa shape index (κ1) is 21.5. The molecular formula is C24H35N3O3. The predicted octanol–water partition coefficient (Wildman–Crippen LogP) is 2.53. The number of Topliss-reactive ketones (excluding diaryl/α,β-unsaturated/α-hetero) is 1. The number of carbonyl (C=O) groups excluding carboxylic acids is 2. The fraction of sp³-hybridized carbons (Fsp3) is 0.667. The highest BCUT2D eigenvalue weighted by atomic mass is 16.5. The summed E-state index contributed by atoms with van der Waals surface area (Å²) < 4.78 is 5.60. The Morgan fingerprint density at radius 3 is 2.80 bits per heavy atom. The van der Waals surface area contributed by atoms with Crippen molar-refractivity contribution >= 4 is 17.4 Å². The summed E-state index contributed by atoms with van der Waals surface area (Å²) in [6, 6.07) is 6.54. The van der Waals surface area contributed by atoms with Crippen molar-refractivity contribution in [2.45, 2.75) is 58.2 Å². The van der Waals surface area contributed by atoms with Crippen molar-refractivity contribution in [2.75, 3.05) is 32.1 Å². The first-order valence-corrected chi connectivity index (χ1v) is 11.3. The third-order valence-corrected chi connectivity index (χ3v) is 7.39. The molecule has 2 aliphatic heterocycles. The van der Waals surface area contributed by atoms with Crippen molar-refractivity contribution in [1.82, 2.24) is 10.2 Å². The summed E-state index contributed by atoms with van der Waals surface area (Å²) in [6.07, 6.45) is 2.91. The Bertz CT molecular complexity index is 811. The number of aryl methyl sites for hydroxylation is 2. The van der Waals surface area contributed by atoms with Crippen LogP contribution in [0, 0.1) is 31.6 Å². The van der Waals surface area contributed by atoms with Crippen LogP contribution in [0.2, 0.25) is 0 Å². The number of methoxy groups -OCH3 is 1. The van der Waals surface area contributed by atoms with Crippen molar-refractivity contribution in [3.8, 4) is 0 Å². The van der Waals surface area contributed by atoms with E-state index in [4.69, 9.17) is 4.74 Å². The Hall–Kier alpha value is -1.76. The first-order valence-electron chi connectivity index (χ1n) is 11.3. The number of anilines is 1. The number of ketones is 1. The molecule has 3 fully saturated rings. The van der Waals surface area contributed by atoms with Crippen LogP contribution in [0.25, 0.3) is 0 Å². The molecule has 0 aromatic heterocycles. The van der Waals surface area contributed by atoms with Crippen molar-refractivity contribution in [3.63, 3.8) is 0 Å². The van der Waals surface area contributed by atoms with Crippen LogP contribution in [0.4, 0.5) is 5.69 Å². The number of likely N-dealkylation sites (tertiary alicyclic amines) is 1. The predicted molar refractivity (Wildman–Crippen MR) is 117 cm³/mol. The van der Waals surface area contributed by atoms with Gasteiger partial charge >= 0.3 is 0 Å². The summed E-state index contributed by atoms with van der Waals surface area (Å²) in [5, 5.41) is 6.84. The summed E-state index contributed by atoms with van der Waals surface area (Å²) in [4.78, 5) is 28.2. The average Bonchev–Trinajstić information content (AvgIpc) is 2.71. The molecule has 1 aromatic carbocycles. The second-order valence-corrected chi connectivity index (χ2v) is 9.61. The van der Waals surface area contributed by atoms with Crippen molar-refractivity contribution in [1.29, 1.82) is 0 Å². The Balaban J connectivity index is 1.38. The van der Waals surface area contributed by atoms with E-state index in [0.29, 0.717) is 24.8 Å². The number of hydrogen-bond acceptors (Lipinski definition) is 5. The molecule has 30 heavy (non-hydrogen) atoms. The van der Waals surface area contributed by atoms with Crippen molar-refractivity contribution in [2.24, 2.45) is 17.8 Å². The van der Waals surface area contributed by atoms with Gasteiger partial charge in [0.05, 0.1) is 12.6 Å². The number of nitrogens with zero attached hydrogens (tertiary/aromatic N) is 1. The molecular weight excluding hydrogens is 378 g/mol. The smallest absolute Gasteiger partial charge is 0.238 e. The van der Waals surface area contributed by atoms with E-state index in [1.54, 1.807) is 7.11 Å². The number of rotatable bonds is 4. The zero-order valence-corrected chi connectivity index (χ0v) is 18.6. The highest BCUT2D eigenvalue weighted by Crippen LogP contribution is 2.39. The van der Waals surface area contributed by atoms with E-state index in [1.807, 2.05) is 26.0 Å². The van der Waals surface area contributed by atoms with E-state index in [2.05, 4.69) is 28.5 Å². The molecule has 6 heteroatoms. The van der Waals surface area contributed by atoms with Gasteiger partial charge in [-0.05, 0) is 50.7 Å². The molecule has 1 saturated carbocycles. The Morgan fingerprint density at radius 1 is 1.27 bits per heavy atom. The number of nitrogens with one attached hydrogen (secondary N) is 2. The molecule has 2 N–H and O–H groups in total. The van der Waals surface area contributed by atoms with Gasteiger partial charge in [-0.1, -0.05) is 24.6 Å². The number of fused-ring (bicyclic) bond motifs is 2. The van der Waals surface area contributed by atoms with E-state index in [1.165, 1.54) is 5.56 Å². The lowest BCUT2D eigenvalue weighted by Gasteiger charge is -2.51. The van der Waals surface area contributed by atoms with Gasteiger partial charge in [-0.15, -0.1) is 0 Å². The quantitative estimate of drug-likeness (QED) is 0.794. The summed E-state index contributed by atoms with van der Waals surface area (Å²) in [5.74, 6) is 0.804. The lowest BCUT2D eigenvalue weighted by atomic mass is 9.66. The van der Waals surface area contributed by atoms with Crippen molar-refractivity contribution in [3.05, 3.63) is 29.3 Å². The first-order chi connectivity index (χ1) is 14.4. The summed E-state index contributed by atoms with van der Waals surface area (Å²) in [5.41, 5.74) is 3.11. The molecule has 4 rings (SSSR count). The average molecular weight is 414 g/mol. The topological polar surface area (TPSA) is 70.7 Å². The Morgan fingerprint density at radius 2 is 2.07 bits per heavy atom. The molecule has 3 aliphatic rings. The molecule has 2 saturated heterocycles. The van der Waals surface area contributed by atoms with E-state index >= 15 is 0 Å². The van der Waals surface area contributed by atoms with Crippen LogP contribution in [-0.4, -0.2) is 61.5 Å². The van der Waals surface area contributed by atoms with Gasteiger partial charge in [0, 0.05) is 49.8 Å². The number of ether oxygens (including phenoxy) is 1. The van der Waals surface area contributed by atoms with Crippen LogP contribution in [0.15, 0.2) is 18.2 Å². The molecule has 0 radical (unpaired) electrons. The zero-order chi connectivity index (χ0) is 21.4. The molecule has 164 valence electrons. The fourth-order valence-corrected chi connectivity index (χ4v) is 5.77. The lowest BCUT2D eigenvalue weighted by molar-refractivity contribution is -0.140. The molecule has 6 atom stereocenters. The maximum Gasteiger partial charge on any atom is 0.238 e. The van der Waals surface area contributed by atoms with Gasteiger partial charge < -0.3 is 15.4 Å². The Labute approximate surface area is 179 Å². The summed E-state index contributed by atoms with van der Waals surface area (Å²) in [7, 11) is 1.75. The fourth-order valence-electron chi connectivity index (χ4n) is 5.77. The minimum atomic E-state index is -0.0308. The normalized spacial score (nSPS) is 34.2. The molecule has 1 amide bonds. The van der Waals surface area contributed by atoms with Crippen LogP contribution < -0.4 is 10.6 Å². The zero-order valence-electron chi connectivity index (χ0n) is 18.6. The maximum atomic E-state index is 13.4.